The highest BCUT2D eigenvalue weighted by atomic mass is 16.4. The average Bonchev–Trinajstić information content (AvgIpc) is 2.59. The summed E-state index contributed by atoms with van der Waals surface area (Å²) in [4.78, 5) is 10.6. The van der Waals surface area contributed by atoms with Gasteiger partial charge < -0.3 is 9.67 Å². The Morgan fingerprint density at radius 3 is 2.87 bits per heavy atom. The Bertz CT molecular complexity index is 487. The van der Waals surface area contributed by atoms with Gasteiger partial charge in [-0.15, -0.1) is 0 Å². The molecule has 3 nitrogen and oxygen atoms in total. The van der Waals surface area contributed by atoms with Crippen molar-refractivity contribution in [3.05, 3.63) is 36.5 Å². The molecule has 0 saturated heterocycles. The topological polar surface area (TPSA) is 42.2 Å². The third kappa shape index (κ3) is 1.86. The average molecular weight is 203 g/mol. The molecule has 0 aliphatic heterocycles. The standard InChI is InChI=1S/C12H13NO2/c1-9(8-12(14)15)13-7-6-10-4-2-3-5-11(10)13/h2-7,9H,8H2,1H3,(H,14,15). The maximum Gasteiger partial charge on any atom is 0.305 e. The number of hydrogen-bond donors (Lipinski definition) is 1. The molecule has 0 fully saturated rings. The highest BCUT2D eigenvalue weighted by molar-refractivity contribution is 5.80. The molecule has 78 valence electrons. The zero-order valence-corrected chi connectivity index (χ0v) is 8.55. The van der Waals surface area contributed by atoms with Crippen molar-refractivity contribution in [1.82, 2.24) is 4.57 Å². The predicted octanol–water partition coefficient (Wildman–Crippen LogP) is 2.68. The number of carboxylic acid groups (broad SMARTS) is 1. The molecular weight excluding hydrogens is 190 g/mol. The summed E-state index contributed by atoms with van der Waals surface area (Å²) in [7, 11) is 0. The van der Waals surface area contributed by atoms with E-state index in [0.29, 0.717) is 0 Å². The van der Waals surface area contributed by atoms with Gasteiger partial charge in [0.2, 0.25) is 0 Å². The molecule has 2 aromatic rings. The highest BCUT2D eigenvalue weighted by Crippen LogP contribution is 2.21. The monoisotopic (exact) mass is 203 g/mol. The van der Waals surface area contributed by atoms with Gasteiger partial charge in [-0.1, -0.05) is 18.2 Å². The minimum atomic E-state index is -0.764. The van der Waals surface area contributed by atoms with Crippen LogP contribution in [0.2, 0.25) is 0 Å². The van der Waals surface area contributed by atoms with Crippen molar-refractivity contribution in [2.24, 2.45) is 0 Å². The Labute approximate surface area is 87.9 Å². The minimum Gasteiger partial charge on any atom is -0.481 e. The summed E-state index contributed by atoms with van der Waals surface area (Å²) in [5.41, 5.74) is 1.09. The molecule has 1 aromatic carbocycles. The molecular formula is C12H13NO2. The van der Waals surface area contributed by atoms with Crippen LogP contribution in [0.1, 0.15) is 19.4 Å². The van der Waals surface area contributed by atoms with Gasteiger partial charge in [0, 0.05) is 17.8 Å². The van der Waals surface area contributed by atoms with Gasteiger partial charge in [0.15, 0.2) is 0 Å². The van der Waals surface area contributed by atoms with Crippen LogP contribution in [0.25, 0.3) is 10.9 Å². The second-order valence-electron chi connectivity index (χ2n) is 3.73. The largest absolute Gasteiger partial charge is 0.481 e. The Hall–Kier alpha value is -1.77. The van der Waals surface area contributed by atoms with Crippen molar-refractivity contribution in [1.29, 1.82) is 0 Å². The fourth-order valence-electron chi connectivity index (χ4n) is 1.84. The molecule has 0 aliphatic carbocycles. The van der Waals surface area contributed by atoms with Crippen molar-refractivity contribution >= 4 is 16.9 Å². The molecule has 0 radical (unpaired) electrons. The molecule has 1 heterocycles. The van der Waals surface area contributed by atoms with Crippen LogP contribution in [0.15, 0.2) is 36.5 Å². The molecule has 15 heavy (non-hydrogen) atoms. The molecule has 0 aliphatic rings. The summed E-state index contributed by atoms with van der Waals surface area (Å²) in [5, 5.41) is 9.89. The Morgan fingerprint density at radius 2 is 2.13 bits per heavy atom. The first kappa shape index (κ1) is 9.77. The van der Waals surface area contributed by atoms with E-state index in [-0.39, 0.29) is 12.5 Å². The normalized spacial score (nSPS) is 12.9. The van der Waals surface area contributed by atoms with Crippen molar-refractivity contribution in [2.75, 3.05) is 0 Å². The van der Waals surface area contributed by atoms with Crippen molar-refractivity contribution in [3.63, 3.8) is 0 Å². The van der Waals surface area contributed by atoms with E-state index in [9.17, 15) is 4.79 Å². The molecule has 0 amide bonds. The molecule has 0 spiro atoms. The third-order valence-corrected chi connectivity index (χ3v) is 2.57. The van der Waals surface area contributed by atoms with Crippen LogP contribution in [0.4, 0.5) is 0 Å². The SMILES string of the molecule is CC(CC(=O)O)n1ccc2ccccc21. The number of fused-ring (bicyclic) bond motifs is 1. The van der Waals surface area contributed by atoms with Crippen LogP contribution >= 0.6 is 0 Å². The van der Waals surface area contributed by atoms with Crippen LogP contribution in [0.5, 0.6) is 0 Å². The molecule has 3 heteroatoms. The number of aliphatic carboxylic acids is 1. The number of carboxylic acids is 1. The number of hydrogen-bond acceptors (Lipinski definition) is 1. The maximum atomic E-state index is 10.6. The van der Waals surface area contributed by atoms with Crippen molar-refractivity contribution in [2.45, 2.75) is 19.4 Å². The number of aromatic nitrogens is 1. The van der Waals surface area contributed by atoms with E-state index >= 15 is 0 Å². The number of rotatable bonds is 3. The summed E-state index contributed by atoms with van der Waals surface area (Å²) in [6, 6.07) is 9.98. The van der Waals surface area contributed by atoms with Gasteiger partial charge in [0.25, 0.3) is 0 Å². The number of benzene rings is 1. The van der Waals surface area contributed by atoms with Gasteiger partial charge in [-0.05, 0) is 24.4 Å². The maximum absolute atomic E-state index is 10.6. The van der Waals surface area contributed by atoms with E-state index in [1.54, 1.807) is 0 Å². The van der Waals surface area contributed by atoms with Gasteiger partial charge in [-0.2, -0.15) is 0 Å². The lowest BCUT2D eigenvalue weighted by atomic mass is 10.2. The lowest BCUT2D eigenvalue weighted by molar-refractivity contribution is -0.137. The molecule has 1 aromatic heterocycles. The van der Waals surface area contributed by atoms with E-state index in [4.69, 9.17) is 5.11 Å². The second kappa shape index (κ2) is 3.77. The number of nitrogens with zero attached hydrogens (tertiary/aromatic N) is 1. The summed E-state index contributed by atoms with van der Waals surface area (Å²) in [6.45, 7) is 1.92. The van der Waals surface area contributed by atoms with Crippen LogP contribution in [0.3, 0.4) is 0 Å². The van der Waals surface area contributed by atoms with Gasteiger partial charge in [0.1, 0.15) is 0 Å². The van der Waals surface area contributed by atoms with Gasteiger partial charge >= 0.3 is 5.97 Å². The van der Waals surface area contributed by atoms with Crippen molar-refractivity contribution < 1.29 is 9.90 Å². The quantitative estimate of drug-likeness (QED) is 0.833. The minimum absolute atomic E-state index is 0.0117. The lowest BCUT2D eigenvalue weighted by Crippen LogP contribution is -2.09. The summed E-state index contributed by atoms with van der Waals surface area (Å²) in [5.74, 6) is -0.764. The predicted molar refractivity (Wildman–Crippen MR) is 58.9 cm³/mol. The molecule has 2 rings (SSSR count). The van der Waals surface area contributed by atoms with Crippen molar-refractivity contribution in [3.8, 4) is 0 Å². The molecule has 0 bridgehead atoms. The summed E-state index contributed by atoms with van der Waals surface area (Å²) < 4.78 is 2.00. The molecule has 1 N–H and O–H groups in total. The fourth-order valence-corrected chi connectivity index (χ4v) is 1.84. The number of carbonyl (C=O) groups is 1. The van der Waals surface area contributed by atoms with Gasteiger partial charge in [-0.25, -0.2) is 0 Å². The fraction of sp³-hybridized carbons (Fsp3) is 0.250. The zero-order chi connectivity index (χ0) is 10.8. The van der Waals surface area contributed by atoms with Crippen LogP contribution in [-0.4, -0.2) is 15.6 Å². The highest BCUT2D eigenvalue weighted by Gasteiger charge is 2.11. The summed E-state index contributed by atoms with van der Waals surface area (Å²) >= 11 is 0. The van der Waals surface area contributed by atoms with Gasteiger partial charge in [-0.3, -0.25) is 4.79 Å². The van der Waals surface area contributed by atoms with E-state index in [1.165, 1.54) is 0 Å². The van der Waals surface area contributed by atoms with E-state index in [0.717, 1.165) is 10.9 Å². The molecule has 1 atom stereocenters. The Kier molecular flexibility index (Phi) is 2.46. The van der Waals surface area contributed by atoms with E-state index in [1.807, 2.05) is 48.0 Å². The van der Waals surface area contributed by atoms with Gasteiger partial charge in [0.05, 0.1) is 6.42 Å². The lowest BCUT2D eigenvalue weighted by Gasteiger charge is -2.12. The van der Waals surface area contributed by atoms with E-state index < -0.39 is 5.97 Å². The second-order valence-corrected chi connectivity index (χ2v) is 3.73. The smallest absolute Gasteiger partial charge is 0.305 e. The Balaban J connectivity index is 2.39. The number of para-hydroxylation sites is 1. The zero-order valence-electron chi connectivity index (χ0n) is 8.55. The van der Waals surface area contributed by atoms with Crippen LogP contribution in [0, 0.1) is 0 Å². The first-order valence-corrected chi connectivity index (χ1v) is 4.96. The van der Waals surface area contributed by atoms with Crippen LogP contribution in [-0.2, 0) is 4.79 Å². The first-order chi connectivity index (χ1) is 7.18. The van der Waals surface area contributed by atoms with E-state index in [2.05, 4.69) is 0 Å². The molecule has 1 unspecified atom stereocenters. The summed E-state index contributed by atoms with van der Waals surface area (Å²) in [6.07, 6.45) is 2.09. The Morgan fingerprint density at radius 1 is 1.40 bits per heavy atom. The van der Waals surface area contributed by atoms with Crippen LogP contribution < -0.4 is 0 Å². The third-order valence-electron chi connectivity index (χ3n) is 2.57. The molecule has 0 saturated carbocycles. The first-order valence-electron chi connectivity index (χ1n) is 4.96.